The third-order valence-electron chi connectivity index (χ3n) is 4.99. The van der Waals surface area contributed by atoms with Crippen molar-refractivity contribution in [1.82, 2.24) is 10.6 Å². The normalized spacial score (nSPS) is 11.8. The quantitative estimate of drug-likeness (QED) is 0.176. The van der Waals surface area contributed by atoms with Crippen LogP contribution in [0.15, 0.2) is 66.8 Å². The summed E-state index contributed by atoms with van der Waals surface area (Å²) < 4.78 is 5.07. The number of carbonyl (C=O) groups excluding carboxylic acids is 1. The summed E-state index contributed by atoms with van der Waals surface area (Å²) in [5.41, 5.74) is 0.862. The lowest BCUT2D eigenvalue weighted by Crippen LogP contribution is -2.35. The van der Waals surface area contributed by atoms with Crippen molar-refractivity contribution in [2.45, 2.75) is 71.3 Å². The number of rotatable bonds is 17. The maximum Gasteiger partial charge on any atom is 0.315 e. The number of carbonyl (C=O) groups is 1. The van der Waals surface area contributed by atoms with E-state index in [2.05, 4.69) is 66.2 Å². The molecule has 1 rings (SSSR count). The average molecular weight is 455 g/mol. The number of allylic oxidation sites excluding steroid dienone is 8. The Labute approximate surface area is 200 Å². The minimum atomic E-state index is -0.200. The van der Waals surface area contributed by atoms with Crippen molar-refractivity contribution in [3.8, 4) is 11.5 Å². The molecule has 1 aromatic carbocycles. The molecule has 0 saturated carbocycles. The molecule has 0 atom stereocenters. The number of amides is 2. The van der Waals surface area contributed by atoms with Crippen LogP contribution < -0.4 is 15.4 Å². The first kappa shape index (κ1) is 28.1. The molecule has 33 heavy (non-hydrogen) atoms. The SMILES string of the molecule is CCCCCC=CCC=CCC=CCC=CCCCNC(=O)NCc1ccc(O)c(OC)c1. The Bertz CT molecular complexity index is 766. The summed E-state index contributed by atoms with van der Waals surface area (Å²) in [6.07, 6.45) is 27.6. The van der Waals surface area contributed by atoms with Gasteiger partial charge in [0.25, 0.3) is 0 Å². The second-order valence-corrected chi connectivity index (χ2v) is 7.85. The van der Waals surface area contributed by atoms with Crippen LogP contribution >= 0.6 is 0 Å². The molecule has 2 amide bonds. The summed E-state index contributed by atoms with van der Waals surface area (Å²) in [6, 6.07) is 4.82. The maximum atomic E-state index is 11.9. The van der Waals surface area contributed by atoms with Gasteiger partial charge in [-0.15, -0.1) is 0 Å². The predicted molar refractivity (Wildman–Crippen MR) is 139 cm³/mol. The van der Waals surface area contributed by atoms with Gasteiger partial charge in [0, 0.05) is 13.1 Å². The van der Waals surface area contributed by atoms with Crippen molar-refractivity contribution in [2.75, 3.05) is 13.7 Å². The minimum Gasteiger partial charge on any atom is -0.504 e. The second-order valence-electron chi connectivity index (χ2n) is 7.85. The van der Waals surface area contributed by atoms with Crippen LogP contribution in [0.25, 0.3) is 0 Å². The number of aromatic hydroxyl groups is 1. The van der Waals surface area contributed by atoms with E-state index in [4.69, 9.17) is 4.74 Å². The van der Waals surface area contributed by atoms with Gasteiger partial charge in [0.1, 0.15) is 0 Å². The summed E-state index contributed by atoms with van der Waals surface area (Å²) in [5.74, 6) is 0.483. The van der Waals surface area contributed by atoms with E-state index >= 15 is 0 Å². The highest BCUT2D eigenvalue weighted by Crippen LogP contribution is 2.26. The van der Waals surface area contributed by atoms with Gasteiger partial charge >= 0.3 is 6.03 Å². The number of nitrogens with one attached hydrogen (secondary N) is 2. The summed E-state index contributed by atoms with van der Waals surface area (Å²) in [6.45, 7) is 3.24. The van der Waals surface area contributed by atoms with Gasteiger partial charge in [-0.1, -0.05) is 74.4 Å². The van der Waals surface area contributed by atoms with Gasteiger partial charge in [-0.2, -0.15) is 0 Å². The molecule has 0 aliphatic carbocycles. The smallest absolute Gasteiger partial charge is 0.315 e. The van der Waals surface area contributed by atoms with Crippen LogP contribution in [0, 0.1) is 0 Å². The van der Waals surface area contributed by atoms with Gasteiger partial charge in [0.15, 0.2) is 11.5 Å². The van der Waals surface area contributed by atoms with Gasteiger partial charge in [-0.05, 0) is 62.6 Å². The van der Waals surface area contributed by atoms with Crippen LogP contribution in [0.2, 0.25) is 0 Å². The molecule has 1 aromatic rings. The lowest BCUT2D eigenvalue weighted by molar-refractivity contribution is 0.240. The number of hydrogen-bond acceptors (Lipinski definition) is 3. The number of methoxy groups -OCH3 is 1. The Hall–Kier alpha value is -2.95. The lowest BCUT2D eigenvalue weighted by atomic mass is 10.2. The van der Waals surface area contributed by atoms with E-state index in [0.29, 0.717) is 18.8 Å². The third kappa shape index (κ3) is 15.5. The Morgan fingerprint density at radius 3 is 2.09 bits per heavy atom. The molecule has 0 unspecified atom stereocenters. The molecule has 3 N–H and O–H groups in total. The van der Waals surface area contributed by atoms with Crippen LogP contribution in [0.1, 0.15) is 70.3 Å². The lowest BCUT2D eigenvalue weighted by Gasteiger charge is -2.09. The summed E-state index contributed by atoms with van der Waals surface area (Å²) >= 11 is 0. The first-order chi connectivity index (χ1) is 16.2. The van der Waals surface area contributed by atoms with Crippen LogP contribution in [-0.4, -0.2) is 24.8 Å². The highest BCUT2D eigenvalue weighted by molar-refractivity contribution is 5.73. The van der Waals surface area contributed by atoms with E-state index in [-0.39, 0.29) is 11.8 Å². The van der Waals surface area contributed by atoms with E-state index in [9.17, 15) is 9.90 Å². The second kappa shape index (κ2) is 19.7. The highest BCUT2D eigenvalue weighted by Gasteiger charge is 2.04. The molecule has 0 heterocycles. The minimum absolute atomic E-state index is 0.0857. The number of unbranched alkanes of at least 4 members (excludes halogenated alkanes) is 4. The fraction of sp³-hybridized carbons (Fsp3) is 0.464. The largest absolute Gasteiger partial charge is 0.504 e. The van der Waals surface area contributed by atoms with Crippen molar-refractivity contribution in [2.24, 2.45) is 0 Å². The molecular weight excluding hydrogens is 412 g/mol. The fourth-order valence-corrected chi connectivity index (χ4v) is 3.06. The molecule has 182 valence electrons. The zero-order valence-corrected chi connectivity index (χ0v) is 20.4. The molecule has 5 nitrogen and oxygen atoms in total. The molecule has 0 radical (unpaired) electrons. The molecule has 0 aliphatic rings. The summed E-state index contributed by atoms with van der Waals surface area (Å²) in [7, 11) is 1.50. The molecule has 0 spiro atoms. The molecule has 0 aliphatic heterocycles. The van der Waals surface area contributed by atoms with Crippen molar-refractivity contribution >= 4 is 6.03 Å². The maximum absolute atomic E-state index is 11.9. The molecular formula is C28H42N2O3. The van der Waals surface area contributed by atoms with Crippen LogP contribution in [0.5, 0.6) is 11.5 Å². The topological polar surface area (TPSA) is 70.6 Å². The van der Waals surface area contributed by atoms with Gasteiger partial charge < -0.3 is 20.5 Å². The van der Waals surface area contributed by atoms with Gasteiger partial charge in [0.05, 0.1) is 7.11 Å². The zero-order valence-electron chi connectivity index (χ0n) is 20.4. The van der Waals surface area contributed by atoms with Gasteiger partial charge in [-0.25, -0.2) is 4.79 Å². The number of hydrogen-bond donors (Lipinski definition) is 3. The predicted octanol–water partition coefficient (Wildman–Crippen LogP) is 6.96. The van der Waals surface area contributed by atoms with Crippen molar-refractivity contribution < 1.29 is 14.6 Å². The molecule has 5 heteroatoms. The monoisotopic (exact) mass is 454 g/mol. The molecule has 0 bridgehead atoms. The number of ether oxygens (including phenoxy) is 1. The Balaban J connectivity index is 2.00. The summed E-state index contributed by atoms with van der Waals surface area (Å²) in [4.78, 5) is 11.9. The van der Waals surface area contributed by atoms with E-state index in [1.54, 1.807) is 18.2 Å². The standard InChI is InChI=1S/C28H42N2O3/c1-3-4-5-6-7-8-9-10-11-12-13-14-15-16-17-18-19-22-29-28(32)30-24-25-20-21-26(31)27(23-25)33-2/h7-8,10-11,13-14,16-17,20-21,23,31H,3-6,9,12,15,18-19,22,24H2,1-2H3,(H2,29,30,32). The first-order valence-electron chi connectivity index (χ1n) is 12.1. The molecule has 0 fully saturated rings. The number of benzene rings is 1. The van der Waals surface area contributed by atoms with E-state index in [1.165, 1.54) is 32.8 Å². The Morgan fingerprint density at radius 1 is 0.879 bits per heavy atom. The molecule has 0 aromatic heterocycles. The number of urea groups is 1. The fourth-order valence-electron chi connectivity index (χ4n) is 3.06. The number of phenolic OH excluding ortho intramolecular Hbond substituents is 1. The zero-order chi connectivity index (χ0) is 24.0. The molecule has 0 saturated heterocycles. The summed E-state index contributed by atoms with van der Waals surface area (Å²) in [5, 5.41) is 15.3. The number of phenols is 1. The van der Waals surface area contributed by atoms with Gasteiger partial charge in [0.2, 0.25) is 0 Å². The van der Waals surface area contributed by atoms with Crippen LogP contribution in [0.4, 0.5) is 4.79 Å². The van der Waals surface area contributed by atoms with Crippen molar-refractivity contribution in [3.63, 3.8) is 0 Å². The van der Waals surface area contributed by atoms with Crippen LogP contribution in [-0.2, 0) is 6.54 Å². The Kier molecular flexibility index (Phi) is 16.8. The van der Waals surface area contributed by atoms with Crippen molar-refractivity contribution in [3.05, 3.63) is 72.4 Å². The third-order valence-corrected chi connectivity index (χ3v) is 4.99. The Morgan fingerprint density at radius 2 is 1.48 bits per heavy atom. The van der Waals surface area contributed by atoms with E-state index < -0.39 is 0 Å². The van der Waals surface area contributed by atoms with Gasteiger partial charge in [-0.3, -0.25) is 0 Å². The average Bonchev–Trinajstić information content (AvgIpc) is 2.82. The van der Waals surface area contributed by atoms with Crippen LogP contribution in [0.3, 0.4) is 0 Å². The highest BCUT2D eigenvalue weighted by atomic mass is 16.5. The first-order valence-corrected chi connectivity index (χ1v) is 12.1. The van der Waals surface area contributed by atoms with E-state index in [1.807, 2.05) is 0 Å². The van der Waals surface area contributed by atoms with Crippen molar-refractivity contribution in [1.29, 1.82) is 0 Å². The van der Waals surface area contributed by atoms with E-state index in [0.717, 1.165) is 37.7 Å².